The quantitative estimate of drug-likeness (QED) is 0.817. The van der Waals surface area contributed by atoms with Crippen molar-refractivity contribution >= 4 is 27.5 Å². The number of amides is 1. The van der Waals surface area contributed by atoms with Gasteiger partial charge < -0.3 is 16.0 Å². The summed E-state index contributed by atoms with van der Waals surface area (Å²) in [7, 11) is 0. The van der Waals surface area contributed by atoms with Crippen LogP contribution in [0.1, 0.15) is 23.2 Å². The molecule has 0 aliphatic carbocycles. The number of nitrogen functional groups attached to an aromatic ring is 1. The average molecular weight is 324 g/mol. The summed E-state index contributed by atoms with van der Waals surface area (Å²) in [6, 6.07) is 5.62. The van der Waals surface area contributed by atoms with Crippen molar-refractivity contribution < 1.29 is 4.79 Å². The van der Waals surface area contributed by atoms with E-state index in [1.807, 2.05) is 0 Å². The summed E-state index contributed by atoms with van der Waals surface area (Å²) in [5, 5.41) is 3.17. The number of rotatable bonds is 2. The van der Waals surface area contributed by atoms with E-state index >= 15 is 0 Å². The minimum absolute atomic E-state index is 0.000509. The second-order valence-corrected chi connectivity index (χ2v) is 6.31. The van der Waals surface area contributed by atoms with Gasteiger partial charge in [-0.25, -0.2) is 0 Å². The molecule has 1 atom stereocenters. The number of nitrogens with one attached hydrogen (secondary N) is 1. The van der Waals surface area contributed by atoms with Crippen molar-refractivity contribution in [3.8, 4) is 0 Å². The molecule has 4 nitrogen and oxygen atoms in total. The summed E-state index contributed by atoms with van der Waals surface area (Å²) in [6.07, 6.45) is 2.41. The molecule has 3 aliphatic rings. The Morgan fingerprint density at radius 2 is 2.11 bits per heavy atom. The summed E-state index contributed by atoms with van der Waals surface area (Å²) in [4.78, 5) is 14.7. The number of nitrogens with two attached hydrogens (primary N) is 1. The molecule has 0 saturated carbocycles. The van der Waals surface area contributed by atoms with Crippen molar-refractivity contribution in [2.24, 2.45) is 5.92 Å². The third-order valence-corrected chi connectivity index (χ3v) is 4.92. The van der Waals surface area contributed by atoms with Crippen LogP contribution in [0.3, 0.4) is 0 Å². The molecule has 0 aromatic heterocycles. The number of benzene rings is 1. The van der Waals surface area contributed by atoms with Gasteiger partial charge in [0.25, 0.3) is 5.91 Å². The first-order valence-corrected chi connectivity index (χ1v) is 7.51. The normalized spacial score (nSPS) is 29.2. The summed E-state index contributed by atoms with van der Waals surface area (Å²) in [5.74, 6) is 0.644. The molecule has 3 fully saturated rings. The maximum absolute atomic E-state index is 12.3. The first-order chi connectivity index (χ1) is 9.13. The largest absolute Gasteiger partial charge is 0.398 e. The summed E-state index contributed by atoms with van der Waals surface area (Å²) in [6.45, 7) is 3.36. The van der Waals surface area contributed by atoms with E-state index in [0.29, 0.717) is 23.2 Å². The molecule has 3 N–H and O–H groups in total. The fourth-order valence-electron chi connectivity index (χ4n) is 3.05. The van der Waals surface area contributed by atoms with Gasteiger partial charge in [-0.1, -0.05) is 0 Å². The highest BCUT2D eigenvalue weighted by Gasteiger charge is 2.34. The van der Waals surface area contributed by atoms with E-state index in [-0.39, 0.29) is 5.91 Å². The fraction of sp³-hybridized carbons (Fsp3) is 0.500. The van der Waals surface area contributed by atoms with Crippen molar-refractivity contribution in [1.29, 1.82) is 0 Å². The average Bonchev–Trinajstić information content (AvgIpc) is 2.43. The van der Waals surface area contributed by atoms with Crippen LogP contribution in [0.5, 0.6) is 0 Å². The Hall–Kier alpha value is -1.07. The van der Waals surface area contributed by atoms with Gasteiger partial charge in [0.05, 0.1) is 0 Å². The summed E-state index contributed by atoms with van der Waals surface area (Å²) >= 11 is 3.36. The van der Waals surface area contributed by atoms with Crippen LogP contribution in [0, 0.1) is 5.92 Å². The Bertz CT molecular complexity index is 497. The van der Waals surface area contributed by atoms with Crippen molar-refractivity contribution in [1.82, 2.24) is 10.2 Å². The van der Waals surface area contributed by atoms with E-state index < -0.39 is 0 Å². The number of piperidine rings is 3. The second kappa shape index (κ2) is 5.13. The Kier molecular flexibility index (Phi) is 3.50. The van der Waals surface area contributed by atoms with E-state index in [2.05, 4.69) is 26.1 Å². The van der Waals surface area contributed by atoms with Gasteiger partial charge in [0.1, 0.15) is 0 Å². The molecule has 5 heteroatoms. The standard InChI is InChI=1S/C14H18BrN3O/c15-11-7-10(1-2-12(11)16)14(19)17-13-8-18-5-3-9(13)4-6-18/h1-2,7,9,13H,3-6,8,16H2,(H,17,19). The van der Waals surface area contributed by atoms with Crippen molar-refractivity contribution in [2.45, 2.75) is 18.9 Å². The van der Waals surface area contributed by atoms with Gasteiger partial charge in [0, 0.05) is 28.3 Å². The van der Waals surface area contributed by atoms with Crippen LogP contribution in [0.4, 0.5) is 5.69 Å². The Morgan fingerprint density at radius 1 is 1.37 bits per heavy atom. The number of nitrogens with zero attached hydrogens (tertiary/aromatic N) is 1. The monoisotopic (exact) mass is 323 g/mol. The van der Waals surface area contributed by atoms with Gasteiger partial charge in [0.2, 0.25) is 0 Å². The lowest BCUT2D eigenvalue weighted by Crippen LogP contribution is -2.57. The molecule has 1 unspecified atom stereocenters. The number of carbonyl (C=O) groups excluding carboxylic acids is 1. The number of fused-ring (bicyclic) bond motifs is 3. The predicted molar refractivity (Wildman–Crippen MR) is 79.0 cm³/mol. The smallest absolute Gasteiger partial charge is 0.251 e. The zero-order chi connectivity index (χ0) is 13.4. The number of anilines is 1. The number of carbonyl (C=O) groups is 1. The molecule has 3 aliphatic heterocycles. The molecule has 4 rings (SSSR count). The van der Waals surface area contributed by atoms with Gasteiger partial charge in [-0.05, 0) is 66.0 Å². The van der Waals surface area contributed by atoms with E-state index in [9.17, 15) is 4.79 Å². The molecule has 19 heavy (non-hydrogen) atoms. The maximum Gasteiger partial charge on any atom is 0.251 e. The summed E-state index contributed by atoms with van der Waals surface area (Å²) < 4.78 is 0.772. The second-order valence-electron chi connectivity index (χ2n) is 5.45. The van der Waals surface area contributed by atoms with Gasteiger partial charge in [-0.2, -0.15) is 0 Å². The van der Waals surface area contributed by atoms with E-state index in [0.717, 1.165) is 11.0 Å². The molecule has 1 aromatic carbocycles. The predicted octanol–water partition coefficient (Wildman–Crippen LogP) is 1.86. The highest BCUT2D eigenvalue weighted by atomic mass is 79.9. The zero-order valence-corrected chi connectivity index (χ0v) is 12.3. The van der Waals surface area contributed by atoms with Crippen LogP contribution >= 0.6 is 15.9 Å². The minimum Gasteiger partial charge on any atom is -0.398 e. The summed E-state index contributed by atoms with van der Waals surface area (Å²) in [5.41, 5.74) is 7.05. The minimum atomic E-state index is -0.000509. The third kappa shape index (κ3) is 2.62. The van der Waals surface area contributed by atoms with E-state index in [1.165, 1.54) is 25.9 Å². The Morgan fingerprint density at radius 3 is 2.68 bits per heavy atom. The van der Waals surface area contributed by atoms with Gasteiger partial charge >= 0.3 is 0 Å². The Balaban J connectivity index is 1.69. The van der Waals surface area contributed by atoms with Crippen LogP contribution in [-0.4, -0.2) is 36.5 Å². The van der Waals surface area contributed by atoms with Gasteiger partial charge in [-0.3, -0.25) is 4.79 Å². The first-order valence-electron chi connectivity index (χ1n) is 6.72. The molecule has 0 radical (unpaired) electrons. The lowest BCUT2D eigenvalue weighted by Gasteiger charge is -2.44. The van der Waals surface area contributed by atoms with Crippen molar-refractivity contribution in [3.05, 3.63) is 28.2 Å². The molecular weight excluding hydrogens is 306 g/mol. The molecule has 1 aromatic rings. The molecule has 2 bridgehead atoms. The fourth-order valence-corrected chi connectivity index (χ4v) is 3.43. The zero-order valence-electron chi connectivity index (χ0n) is 10.7. The van der Waals surface area contributed by atoms with Gasteiger partial charge in [0.15, 0.2) is 0 Å². The van der Waals surface area contributed by atoms with Gasteiger partial charge in [-0.15, -0.1) is 0 Å². The van der Waals surface area contributed by atoms with Crippen LogP contribution in [0.15, 0.2) is 22.7 Å². The molecule has 0 spiro atoms. The lowest BCUT2D eigenvalue weighted by molar-refractivity contribution is 0.0620. The lowest BCUT2D eigenvalue weighted by atomic mass is 9.84. The van der Waals surface area contributed by atoms with Crippen molar-refractivity contribution in [3.63, 3.8) is 0 Å². The SMILES string of the molecule is Nc1ccc(C(=O)NC2CN3CCC2CC3)cc1Br. The molecule has 3 saturated heterocycles. The van der Waals surface area contributed by atoms with Crippen LogP contribution in [-0.2, 0) is 0 Å². The third-order valence-electron chi connectivity index (χ3n) is 4.24. The van der Waals surface area contributed by atoms with E-state index in [4.69, 9.17) is 5.73 Å². The number of hydrogen-bond acceptors (Lipinski definition) is 3. The van der Waals surface area contributed by atoms with Crippen LogP contribution in [0.25, 0.3) is 0 Å². The van der Waals surface area contributed by atoms with Crippen LogP contribution in [0.2, 0.25) is 0 Å². The highest BCUT2D eigenvalue weighted by Crippen LogP contribution is 2.28. The topological polar surface area (TPSA) is 58.4 Å². The molecule has 3 heterocycles. The molecule has 102 valence electrons. The van der Waals surface area contributed by atoms with E-state index in [1.54, 1.807) is 18.2 Å². The number of hydrogen-bond donors (Lipinski definition) is 2. The first kappa shape index (κ1) is 12.9. The van der Waals surface area contributed by atoms with Crippen molar-refractivity contribution in [2.75, 3.05) is 25.4 Å². The number of halogens is 1. The highest BCUT2D eigenvalue weighted by molar-refractivity contribution is 9.10. The van der Waals surface area contributed by atoms with Crippen LogP contribution < -0.4 is 11.1 Å². The molecule has 1 amide bonds. The maximum atomic E-state index is 12.3. The molecular formula is C14H18BrN3O. The Labute approximate surface area is 121 Å².